The van der Waals surface area contributed by atoms with Crippen LogP contribution in [-0.2, 0) is 4.79 Å². The number of benzene rings is 2. The topological polar surface area (TPSA) is 75.6 Å². The van der Waals surface area contributed by atoms with Gasteiger partial charge in [0.25, 0.3) is 0 Å². The second-order valence-corrected chi connectivity index (χ2v) is 7.17. The third kappa shape index (κ3) is 3.67. The van der Waals surface area contributed by atoms with Crippen LogP contribution in [0.15, 0.2) is 67.0 Å². The molecule has 6 heteroatoms. The summed E-state index contributed by atoms with van der Waals surface area (Å²) in [7, 11) is 0. The number of hydrogen-bond acceptors (Lipinski definition) is 3. The van der Waals surface area contributed by atoms with Crippen LogP contribution in [0.4, 0.5) is 5.95 Å². The third-order valence-electron chi connectivity index (χ3n) is 4.85. The highest BCUT2D eigenvalue weighted by molar-refractivity contribution is 5.91. The van der Waals surface area contributed by atoms with E-state index in [2.05, 4.69) is 49.3 Å². The van der Waals surface area contributed by atoms with E-state index in [-0.39, 0.29) is 24.3 Å². The van der Waals surface area contributed by atoms with E-state index in [4.69, 9.17) is 0 Å². The summed E-state index contributed by atoms with van der Waals surface area (Å²) in [5.74, 6) is 1.17. The molecule has 0 bridgehead atoms. The van der Waals surface area contributed by atoms with Crippen molar-refractivity contribution >= 4 is 22.6 Å². The molecule has 2 aromatic carbocycles. The van der Waals surface area contributed by atoms with Gasteiger partial charge in [0.2, 0.25) is 11.9 Å². The molecule has 28 heavy (non-hydrogen) atoms. The van der Waals surface area contributed by atoms with Crippen LogP contribution in [0.1, 0.15) is 43.6 Å². The fourth-order valence-corrected chi connectivity index (χ4v) is 3.41. The van der Waals surface area contributed by atoms with Crippen LogP contribution in [-0.4, -0.2) is 25.7 Å². The molecule has 0 radical (unpaired) electrons. The molecule has 6 nitrogen and oxygen atoms in total. The first kappa shape index (κ1) is 18.0. The van der Waals surface area contributed by atoms with Gasteiger partial charge in [-0.2, -0.15) is 4.98 Å². The minimum Gasteiger partial charge on any atom is -0.346 e. The largest absolute Gasteiger partial charge is 0.346 e. The van der Waals surface area contributed by atoms with Crippen molar-refractivity contribution in [2.75, 3.05) is 5.32 Å². The minimum absolute atomic E-state index is 0.121. The number of H-pyrrole nitrogens is 1. The predicted octanol–water partition coefficient (Wildman–Crippen LogP) is 4.50. The number of hydrogen-bond donors (Lipinski definition) is 2. The van der Waals surface area contributed by atoms with Crippen molar-refractivity contribution in [2.24, 2.45) is 0 Å². The number of carbonyl (C=O) groups excluding carboxylic acids is 1. The predicted molar refractivity (Wildman–Crippen MR) is 110 cm³/mol. The molecule has 0 spiro atoms. The Kier molecular flexibility index (Phi) is 4.93. The molecule has 0 fully saturated rings. The highest BCUT2D eigenvalue weighted by Crippen LogP contribution is 2.29. The molecule has 1 amide bonds. The summed E-state index contributed by atoms with van der Waals surface area (Å²) in [6.45, 7) is 4.05. The second kappa shape index (κ2) is 7.68. The maximum atomic E-state index is 12.8. The van der Waals surface area contributed by atoms with Crippen LogP contribution >= 0.6 is 0 Å². The highest BCUT2D eigenvalue weighted by atomic mass is 16.1. The fraction of sp³-hybridized carbons (Fsp3) is 0.227. The van der Waals surface area contributed by atoms with Crippen LogP contribution in [0.3, 0.4) is 0 Å². The molecule has 0 unspecified atom stereocenters. The summed E-state index contributed by atoms with van der Waals surface area (Å²) >= 11 is 0. The van der Waals surface area contributed by atoms with E-state index < -0.39 is 0 Å². The van der Waals surface area contributed by atoms with Gasteiger partial charge in [0.1, 0.15) is 5.82 Å². The molecule has 0 saturated carbocycles. The van der Waals surface area contributed by atoms with Crippen LogP contribution in [0, 0.1) is 0 Å². The Morgan fingerprint density at radius 2 is 1.82 bits per heavy atom. The van der Waals surface area contributed by atoms with Crippen molar-refractivity contribution < 1.29 is 4.79 Å². The molecule has 0 aliphatic rings. The third-order valence-corrected chi connectivity index (χ3v) is 4.85. The van der Waals surface area contributed by atoms with Gasteiger partial charge in [0, 0.05) is 18.3 Å². The number of anilines is 1. The highest BCUT2D eigenvalue weighted by Gasteiger charge is 2.20. The molecular formula is C22H23N5O. The lowest BCUT2D eigenvalue weighted by Crippen LogP contribution is -2.20. The van der Waals surface area contributed by atoms with Gasteiger partial charge in [-0.3, -0.25) is 15.2 Å². The van der Waals surface area contributed by atoms with Gasteiger partial charge in [-0.05, 0) is 28.5 Å². The zero-order valence-electron chi connectivity index (χ0n) is 16.0. The maximum absolute atomic E-state index is 12.8. The number of nitrogens with one attached hydrogen (secondary N) is 2. The number of fused-ring (bicyclic) bond motifs is 1. The zero-order chi connectivity index (χ0) is 19.5. The lowest BCUT2D eigenvalue weighted by molar-refractivity contribution is -0.116. The first-order valence-electron chi connectivity index (χ1n) is 9.44. The molecule has 2 aromatic heterocycles. The smallest absolute Gasteiger partial charge is 0.248 e. The van der Waals surface area contributed by atoms with Crippen molar-refractivity contribution in [1.29, 1.82) is 0 Å². The lowest BCUT2D eigenvalue weighted by Gasteiger charge is -2.21. The molecule has 4 rings (SSSR count). The molecule has 2 N–H and O–H groups in total. The average Bonchev–Trinajstić information content (AvgIpc) is 3.38. The fourth-order valence-electron chi connectivity index (χ4n) is 3.41. The normalized spacial score (nSPS) is 12.4. The van der Waals surface area contributed by atoms with Crippen molar-refractivity contribution in [2.45, 2.75) is 32.2 Å². The van der Waals surface area contributed by atoms with E-state index in [0.29, 0.717) is 5.95 Å². The molecule has 0 aliphatic carbocycles. The van der Waals surface area contributed by atoms with Crippen LogP contribution in [0.25, 0.3) is 10.8 Å². The summed E-state index contributed by atoms with van der Waals surface area (Å²) in [5, 5.41) is 12.1. The lowest BCUT2D eigenvalue weighted by atomic mass is 9.96. The van der Waals surface area contributed by atoms with Crippen LogP contribution < -0.4 is 5.32 Å². The molecule has 0 aliphatic heterocycles. The minimum atomic E-state index is -0.124. The van der Waals surface area contributed by atoms with Gasteiger partial charge in [-0.1, -0.05) is 56.3 Å². The number of aromatic amines is 1. The Morgan fingerprint density at radius 3 is 2.57 bits per heavy atom. The van der Waals surface area contributed by atoms with Crippen molar-refractivity contribution in [1.82, 2.24) is 19.7 Å². The second-order valence-electron chi connectivity index (χ2n) is 7.17. The van der Waals surface area contributed by atoms with E-state index in [0.717, 1.165) is 22.2 Å². The Bertz CT molecular complexity index is 1080. The summed E-state index contributed by atoms with van der Waals surface area (Å²) in [5.41, 5.74) is 1.11. The van der Waals surface area contributed by atoms with Crippen molar-refractivity contribution in [3.8, 4) is 0 Å². The van der Waals surface area contributed by atoms with Gasteiger partial charge >= 0.3 is 0 Å². The molecular weight excluding hydrogens is 350 g/mol. The average molecular weight is 373 g/mol. The monoisotopic (exact) mass is 373 g/mol. The molecule has 4 aromatic rings. The SMILES string of the molecule is CC(C)c1nc(NC(=O)C[C@H](c2cccc3ccccc23)n2cccc2)n[nH]1. The van der Waals surface area contributed by atoms with Crippen molar-refractivity contribution in [3.05, 3.63) is 78.4 Å². The van der Waals surface area contributed by atoms with E-state index in [1.807, 2.05) is 56.6 Å². The first-order valence-corrected chi connectivity index (χ1v) is 9.44. The number of rotatable bonds is 6. The van der Waals surface area contributed by atoms with E-state index >= 15 is 0 Å². The molecule has 142 valence electrons. The Labute approximate surface area is 163 Å². The number of amides is 1. The van der Waals surface area contributed by atoms with Crippen LogP contribution in [0.5, 0.6) is 0 Å². The van der Waals surface area contributed by atoms with Gasteiger partial charge in [-0.15, -0.1) is 5.10 Å². The molecule has 0 saturated heterocycles. The number of carbonyl (C=O) groups is 1. The summed E-state index contributed by atoms with van der Waals surface area (Å²) in [4.78, 5) is 17.1. The van der Waals surface area contributed by atoms with Gasteiger partial charge in [0.05, 0.1) is 12.5 Å². The van der Waals surface area contributed by atoms with Crippen LogP contribution in [0.2, 0.25) is 0 Å². The standard InChI is InChI=1S/C22H23N5O/c1-15(2)21-24-22(26-25-21)23-20(28)14-19(27-12-5-6-13-27)18-11-7-9-16-8-3-4-10-17(16)18/h3-13,15,19H,14H2,1-2H3,(H2,23,24,25,26,28)/t19-/m1/s1. The van der Waals surface area contributed by atoms with Crippen molar-refractivity contribution in [3.63, 3.8) is 0 Å². The Balaban J connectivity index is 1.63. The first-order chi connectivity index (χ1) is 13.6. The van der Waals surface area contributed by atoms with E-state index in [9.17, 15) is 4.79 Å². The van der Waals surface area contributed by atoms with E-state index in [1.54, 1.807) is 0 Å². The zero-order valence-corrected chi connectivity index (χ0v) is 16.0. The van der Waals surface area contributed by atoms with Gasteiger partial charge < -0.3 is 4.57 Å². The van der Waals surface area contributed by atoms with Gasteiger partial charge in [-0.25, -0.2) is 0 Å². The quantitative estimate of drug-likeness (QED) is 0.522. The number of nitrogens with zero attached hydrogens (tertiary/aromatic N) is 3. The molecule has 1 atom stereocenters. The number of aromatic nitrogens is 4. The Morgan fingerprint density at radius 1 is 1.07 bits per heavy atom. The van der Waals surface area contributed by atoms with Gasteiger partial charge in [0.15, 0.2) is 0 Å². The summed E-state index contributed by atoms with van der Waals surface area (Å²) < 4.78 is 2.07. The Hall–Kier alpha value is -3.41. The van der Waals surface area contributed by atoms with E-state index in [1.165, 1.54) is 0 Å². The maximum Gasteiger partial charge on any atom is 0.248 e. The summed E-state index contributed by atoms with van der Waals surface area (Å²) in [6, 6.07) is 18.3. The molecule has 2 heterocycles. The summed E-state index contributed by atoms with van der Waals surface area (Å²) in [6.07, 6.45) is 4.26.